The number of carbonyl (C=O) groups is 1. The van der Waals surface area contributed by atoms with Crippen molar-refractivity contribution in [1.82, 2.24) is 19.7 Å². The Kier molecular flexibility index (Phi) is 4.73. The maximum Gasteiger partial charge on any atom is 0.231 e. The van der Waals surface area contributed by atoms with Gasteiger partial charge in [-0.2, -0.15) is 5.10 Å². The average Bonchev–Trinajstić information content (AvgIpc) is 3.36. The summed E-state index contributed by atoms with van der Waals surface area (Å²) in [6.07, 6.45) is 4.42. The van der Waals surface area contributed by atoms with Crippen LogP contribution in [-0.4, -0.2) is 45.3 Å². The lowest BCUT2D eigenvalue weighted by molar-refractivity contribution is -0.122. The van der Waals surface area contributed by atoms with Crippen LogP contribution in [0.1, 0.15) is 29.8 Å². The summed E-state index contributed by atoms with van der Waals surface area (Å²) in [5.41, 5.74) is 4.34. The van der Waals surface area contributed by atoms with Crippen LogP contribution in [0, 0.1) is 19.8 Å². The summed E-state index contributed by atoms with van der Waals surface area (Å²) >= 11 is 0. The van der Waals surface area contributed by atoms with Gasteiger partial charge in [-0.15, -0.1) is 0 Å². The van der Waals surface area contributed by atoms with E-state index in [4.69, 9.17) is 0 Å². The molecule has 1 saturated heterocycles. The normalized spacial score (nSPS) is 18.5. The number of aromatic nitrogens is 4. The summed E-state index contributed by atoms with van der Waals surface area (Å²) in [5.74, 6) is 1.83. The molecule has 1 unspecified atom stereocenters. The van der Waals surface area contributed by atoms with Crippen LogP contribution in [0.25, 0.3) is 5.82 Å². The molecular formula is C23H26N6O. The lowest BCUT2D eigenvalue weighted by Gasteiger charge is -2.34. The zero-order valence-electron chi connectivity index (χ0n) is 17.5. The summed E-state index contributed by atoms with van der Waals surface area (Å²) in [4.78, 5) is 26.4. The maximum atomic E-state index is 13.3. The van der Waals surface area contributed by atoms with Gasteiger partial charge in [0.2, 0.25) is 5.91 Å². The fourth-order valence-electron chi connectivity index (χ4n) is 4.66. The molecule has 2 aliphatic rings. The second-order valence-corrected chi connectivity index (χ2v) is 8.23. The predicted molar refractivity (Wildman–Crippen MR) is 116 cm³/mol. The fraction of sp³-hybridized carbons (Fsp3) is 0.391. The number of rotatable bonds is 3. The maximum absolute atomic E-state index is 13.3. The van der Waals surface area contributed by atoms with Crippen molar-refractivity contribution in [2.75, 3.05) is 29.4 Å². The first kappa shape index (κ1) is 18.8. The number of nitrogens with zero attached hydrogens (tertiary/aromatic N) is 6. The highest BCUT2D eigenvalue weighted by Crippen LogP contribution is 2.31. The molecule has 1 fully saturated rings. The molecular weight excluding hydrogens is 376 g/mol. The van der Waals surface area contributed by atoms with E-state index in [-0.39, 0.29) is 11.8 Å². The molecule has 154 valence electrons. The number of amides is 1. The van der Waals surface area contributed by atoms with E-state index in [0.717, 1.165) is 61.1 Å². The minimum atomic E-state index is -0.0167. The second-order valence-electron chi connectivity index (χ2n) is 8.23. The smallest absolute Gasteiger partial charge is 0.231 e. The van der Waals surface area contributed by atoms with E-state index in [9.17, 15) is 4.79 Å². The SMILES string of the molecule is Cc1cc(C)n(-c2cc(N3CCCC(C(=O)N4CCc5ccccc54)C3)ncn2)n1. The van der Waals surface area contributed by atoms with Gasteiger partial charge in [-0.3, -0.25) is 4.79 Å². The third kappa shape index (κ3) is 3.34. The number of benzene rings is 1. The average molecular weight is 403 g/mol. The van der Waals surface area contributed by atoms with Crippen LogP contribution >= 0.6 is 0 Å². The molecule has 0 aliphatic carbocycles. The highest BCUT2D eigenvalue weighted by molar-refractivity contribution is 5.97. The molecule has 1 amide bonds. The van der Waals surface area contributed by atoms with E-state index in [0.29, 0.717) is 6.54 Å². The van der Waals surface area contributed by atoms with Gasteiger partial charge in [0, 0.05) is 37.1 Å². The number of fused-ring (bicyclic) bond motifs is 1. The van der Waals surface area contributed by atoms with E-state index < -0.39 is 0 Å². The fourth-order valence-corrected chi connectivity index (χ4v) is 4.66. The molecule has 2 aliphatic heterocycles. The Labute approximate surface area is 176 Å². The van der Waals surface area contributed by atoms with Crippen LogP contribution in [0.3, 0.4) is 0 Å². The Bertz CT molecular complexity index is 1090. The number of anilines is 2. The molecule has 4 heterocycles. The van der Waals surface area contributed by atoms with Crippen LogP contribution in [0.15, 0.2) is 42.7 Å². The molecule has 0 N–H and O–H groups in total. The van der Waals surface area contributed by atoms with Gasteiger partial charge in [0.05, 0.1) is 11.6 Å². The van der Waals surface area contributed by atoms with Crippen LogP contribution in [0.4, 0.5) is 11.5 Å². The molecule has 30 heavy (non-hydrogen) atoms. The minimum absolute atomic E-state index is 0.0167. The predicted octanol–water partition coefficient (Wildman–Crippen LogP) is 3.08. The van der Waals surface area contributed by atoms with Gasteiger partial charge in [0.1, 0.15) is 12.1 Å². The Balaban J connectivity index is 1.36. The van der Waals surface area contributed by atoms with Crippen molar-refractivity contribution >= 4 is 17.4 Å². The van der Waals surface area contributed by atoms with Gasteiger partial charge >= 0.3 is 0 Å². The molecule has 2 aromatic heterocycles. The van der Waals surface area contributed by atoms with Crippen molar-refractivity contribution < 1.29 is 4.79 Å². The molecule has 7 nitrogen and oxygen atoms in total. The van der Waals surface area contributed by atoms with Gasteiger partial charge < -0.3 is 9.80 Å². The van der Waals surface area contributed by atoms with Gasteiger partial charge in [-0.25, -0.2) is 14.6 Å². The topological polar surface area (TPSA) is 67.2 Å². The molecule has 0 radical (unpaired) electrons. The second kappa shape index (κ2) is 7.55. The molecule has 1 aromatic carbocycles. The van der Waals surface area contributed by atoms with E-state index >= 15 is 0 Å². The summed E-state index contributed by atoms with van der Waals surface area (Å²) in [6, 6.07) is 12.2. The van der Waals surface area contributed by atoms with Crippen LogP contribution in [-0.2, 0) is 11.2 Å². The first-order valence-electron chi connectivity index (χ1n) is 10.6. The van der Waals surface area contributed by atoms with Crippen molar-refractivity contribution in [3.8, 4) is 5.82 Å². The van der Waals surface area contributed by atoms with Crippen LogP contribution in [0.2, 0.25) is 0 Å². The van der Waals surface area contributed by atoms with Crippen molar-refractivity contribution in [2.45, 2.75) is 33.1 Å². The van der Waals surface area contributed by atoms with Crippen molar-refractivity contribution in [1.29, 1.82) is 0 Å². The molecule has 0 bridgehead atoms. The van der Waals surface area contributed by atoms with Crippen molar-refractivity contribution in [2.24, 2.45) is 5.92 Å². The standard InChI is InChI=1S/C23H26N6O/c1-16-12-17(2)29(26-16)22-13-21(24-15-25-22)27-10-5-7-19(14-27)23(30)28-11-9-18-6-3-4-8-20(18)28/h3-4,6,8,12-13,15,19H,5,7,9-11,14H2,1-2H3. The first-order chi connectivity index (χ1) is 14.6. The summed E-state index contributed by atoms with van der Waals surface area (Å²) in [7, 11) is 0. The number of aryl methyl sites for hydroxylation is 2. The highest BCUT2D eigenvalue weighted by Gasteiger charge is 2.33. The third-order valence-corrected chi connectivity index (χ3v) is 6.11. The monoisotopic (exact) mass is 402 g/mol. The number of hydrogen-bond donors (Lipinski definition) is 0. The number of carbonyl (C=O) groups excluding carboxylic acids is 1. The van der Waals surface area contributed by atoms with Crippen LogP contribution < -0.4 is 9.80 Å². The Morgan fingerprint density at radius 3 is 2.73 bits per heavy atom. The Morgan fingerprint density at radius 1 is 1.07 bits per heavy atom. The number of para-hydroxylation sites is 1. The van der Waals surface area contributed by atoms with Crippen LogP contribution in [0.5, 0.6) is 0 Å². The highest BCUT2D eigenvalue weighted by atomic mass is 16.2. The minimum Gasteiger partial charge on any atom is -0.356 e. The van der Waals surface area contributed by atoms with E-state index in [1.807, 2.05) is 47.7 Å². The molecule has 0 spiro atoms. The van der Waals surface area contributed by atoms with Gasteiger partial charge in [-0.1, -0.05) is 18.2 Å². The zero-order valence-corrected chi connectivity index (χ0v) is 17.5. The lowest BCUT2D eigenvalue weighted by Crippen LogP contribution is -2.45. The molecule has 1 atom stereocenters. The molecule has 7 heteroatoms. The third-order valence-electron chi connectivity index (χ3n) is 6.11. The Morgan fingerprint density at radius 2 is 1.90 bits per heavy atom. The molecule has 3 aromatic rings. The summed E-state index contributed by atoms with van der Waals surface area (Å²) < 4.78 is 1.84. The molecule has 5 rings (SSSR count). The summed E-state index contributed by atoms with van der Waals surface area (Å²) in [6.45, 7) is 6.36. The van der Waals surface area contributed by atoms with E-state index in [1.54, 1.807) is 6.33 Å². The summed E-state index contributed by atoms with van der Waals surface area (Å²) in [5, 5.41) is 4.53. The quantitative estimate of drug-likeness (QED) is 0.674. The molecule has 0 saturated carbocycles. The number of hydrogen-bond acceptors (Lipinski definition) is 5. The van der Waals surface area contributed by atoms with Gasteiger partial charge in [-0.05, 0) is 50.8 Å². The van der Waals surface area contributed by atoms with Gasteiger partial charge in [0.15, 0.2) is 5.82 Å². The van der Waals surface area contributed by atoms with Crippen molar-refractivity contribution in [3.05, 3.63) is 59.7 Å². The van der Waals surface area contributed by atoms with E-state index in [1.165, 1.54) is 5.56 Å². The Hall–Kier alpha value is -3.22. The number of piperidine rings is 1. The van der Waals surface area contributed by atoms with Gasteiger partial charge in [0.25, 0.3) is 0 Å². The van der Waals surface area contributed by atoms with Crippen molar-refractivity contribution in [3.63, 3.8) is 0 Å². The first-order valence-corrected chi connectivity index (χ1v) is 10.6. The lowest BCUT2D eigenvalue weighted by atomic mass is 9.96. The zero-order chi connectivity index (χ0) is 20.7. The van der Waals surface area contributed by atoms with E-state index in [2.05, 4.69) is 32.1 Å². The largest absolute Gasteiger partial charge is 0.356 e.